The number of rotatable bonds is 10. The van der Waals surface area contributed by atoms with E-state index >= 15 is 0 Å². The SMILES string of the molecule is CCCCCC1=CCPC(CCC2CCCC(CC3=CCCC(CC)CC3)CC2)C=C1. The zero-order valence-corrected chi connectivity index (χ0v) is 21.8. The lowest BCUT2D eigenvalue weighted by Crippen LogP contribution is -2.05. The molecule has 0 aromatic heterocycles. The summed E-state index contributed by atoms with van der Waals surface area (Å²) in [4.78, 5) is 0. The summed E-state index contributed by atoms with van der Waals surface area (Å²) in [5.41, 5.74) is 4.31. The van der Waals surface area contributed by atoms with Crippen molar-refractivity contribution in [2.75, 3.05) is 6.16 Å². The molecule has 0 spiro atoms. The van der Waals surface area contributed by atoms with Crippen LogP contribution in [0.25, 0.3) is 0 Å². The molecule has 1 saturated carbocycles. The van der Waals surface area contributed by atoms with Gasteiger partial charge < -0.3 is 0 Å². The second-order valence-electron chi connectivity index (χ2n) is 10.9. The first-order valence-electron chi connectivity index (χ1n) is 14.0. The fourth-order valence-electron chi connectivity index (χ4n) is 6.17. The van der Waals surface area contributed by atoms with E-state index in [4.69, 9.17) is 0 Å². The Labute approximate surface area is 196 Å². The van der Waals surface area contributed by atoms with Gasteiger partial charge in [-0.3, -0.25) is 0 Å². The minimum Gasteiger partial charge on any atom is -0.111 e. The Balaban J connectivity index is 1.35. The van der Waals surface area contributed by atoms with Crippen LogP contribution >= 0.6 is 8.58 Å². The topological polar surface area (TPSA) is 0 Å². The average molecular weight is 443 g/mol. The van der Waals surface area contributed by atoms with Gasteiger partial charge in [0, 0.05) is 0 Å². The first-order chi connectivity index (χ1) is 15.3. The van der Waals surface area contributed by atoms with Crippen LogP contribution in [-0.4, -0.2) is 11.8 Å². The van der Waals surface area contributed by atoms with Gasteiger partial charge in [-0.25, -0.2) is 0 Å². The standard InChI is InChI=1S/C30H51P/c1-3-5-6-9-27-19-21-30(31-23-22-27)20-18-26-11-8-13-29(17-15-26)24-28-12-7-10-25(4-2)14-16-28/h12,19,21-22,25-26,29-31H,3-11,13-18,20,23-24H2,1-2H3. The first kappa shape index (κ1) is 25.3. The van der Waals surface area contributed by atoms with Gasteiger partial charge in [-0.15, -0.1) is 8.58 Å². The van der Waals surface area contributed by atoms with Gasteiger partial charge >= 0.3 is 0 Å². The van der Waals surface area contributed by atoms with Crippen LogP contribution in [0.2, 0.25) is 0 Å². The van der Waals surface area contributed by atoms with Gasteiger partial charge in [-0.2, -0.15) is 0 Å². The summed E-state index contributed by atoms with van der Waals surface area (Å²) in [5, 5.41) is 0. The van der Waals surface area contributed by atoms with Crippen molar-refractivity contribution < 1.29 is 0 Å². The molecule has 0 aromatic carbocycles. The van der Waals surface area contributed by atoms with Gasteiger partial charge in [0.25, 0.3) is 0 Å². The zero-order chi connectivity index (χ0) is 21.7. The van der Waals surface area contributed by atoms with Crippen molar-refractivity contribution in [2.24, 2.45) is 17.8 Å². The number of allylic oxidation sites excluding steroid dienone is 6. The highest BCUT2D eigenvalue weighted by molar-refractivity contribution is 7.39. The minimum absolute atomic E-state index is 0.863. The van der Waals surface area contributed by atoms with E-state index in [2.05, 4.69) is 38.2 Å². The molecular formula is C30H51P. The molecule has 0 amide bonds. The van der Waals surface area contributed by atoms with Crippen LogP contribution in [0, 0.1) is 17.8 Å². The van der Waals surface area contributed by atoms with E-state index < -0.39 is 0 Å². The van der Waals surface area contributed by atoms with E-state index in [1.165, 1.54) is 115 Å². The molecule has 0 radical (unpaired) electrons. The van der Waals surface area contributed by atoms with Crippen molar-refractivity contribution in [3.05, 3.63) is 35.5 Å². The molecule has 1 heterocycles. The molecule has 5 atom stereocenters. The molecule has 0 bridgehead atoms. The van der Waals surface area contributed by atoms with Crippen molar-refractivity contribution in [2.45, 2.75) is 129 Å². The Morgan fingerprint density at radius 3 is 2.61 bits per heavy atom. The van der Waals surface area contributed by atoms with E-state index in [1.807, 2.05) is 5.57 Å². The Kier molecular flexibility index (Phi) is 12.0. The molecule has 0 saturated heterocycles. The quantitative estimate of drug-likeness (QED) is 0.137. The highest BCUT2D eigenvalue weighted by Crippen LogP contribution is 2.37. The van der Waals surface area contributed by atoms with Crippen LogP contribution < -0.4 is 0 Å². The normalized spacial score (nSPS) is 30.9. The summed E-state index contributed by atoms with van der Waals surface area (Å²) < 4.78 is 0. The van der Waals surface area contributed by atoms with Crippen molar-refractivity contribution in [3.63, 3.8) is 0 Å². The third-order valence-electron chi connectivity index (χ3n) is 8.46. The second-order valence-corrected chi connectivity index (χ2v) is 12.4. The average Bonchev–Trinajstić information content (AvgIpc) is 3.24. The molecule has 0 aromatic rings. The summed E-state index contributed by atoms with van der Waals surface area (Å²) in [6.07, 6.45) is 35.9. The second kappa shape index (κ2) is 14.7. The van der Waals surface area contributed by atoms with E-state index in [9.17, 15) is 0 Å². The molecule has 1 heteroatoms. The largest absolute Gasteiger partial charge is 0.111 e. The lowest BCUT2D eigenvalue weighted by atomic mass is 9.88. The van der Waals surface area contributed by atoms with E-state index in [-0.39, 0.29) is 0 Å². The molecular weight excluding hydrogens is 391 g/mol. The van der Waals surface area contributed by atoms with Crippen LogP contribution in [0.1, 0.15) is 123 Å². The molecule has 3 rings (SSSR count). The van der Waals surface area contributed by atoms with Crippen molar-refractivity contribution in [3.8, 4) is 0 Å². The molecule has 3 aliphatic rings. The van der Waals surface area contributed by atoms with Crippen LogP contribution in [0.15, 0.2) is 35.5 Å². The first-order valence-corrected chi connectivity index (χ1v) is 15.3. The lowest BCUT2D eigenvalue weighted by Gasteiger charge is -2.19. The number of hydrogen-bond donors (Lipinski definition) is 0. The van der Waals surface area contributed by atoms with Crippen LogP contribution in [0.5, 0.6) is 0 Å². The Hall–Kier alpha value is -0.350. The smallest absolute Gasteiger partial charge is 0.00511 e. The maximum Gasteiger partial charge on any atom is -0.00511 e. The third kappa shape index (κ3) is 9.58. The van der Waals surface area contributed by atoms with Gasteiger partial charge in [-0.05, 0) is 93.8 Å². The predicted octanol–water partition coefficient (Wildman–Crippen LogP) is 10.0. The Bertz CT molecular complexity index is 583. The molecule has 0 N–H and O–H groups in total. The maximum atomic E-state index is 2.64. The van der Waals surface area contributed by atoms with E-state index in [0.717, 1.165) is 32.0 Å². The van der Waals surface area contributed by atoms with E-state index in [1.54, 1.807) is 5.57 Å². The fourth-order valence-corrected chi connectivity index (χ4v) is 7.45. The maximum absolute atomic E-state index is 2.64. The molecule has 2 aliphatic carbocycles. The van der Waals surface area contributed by atoms with Crippen molar-refractivity contribution in [1.29, 1.82) is 0 Å². The molecule has 1 fully saturated rings. The van der Waals surface area contributed by atoms with Gasteiger partial charge in [0.1, 0.15) is 0 Å². The summed E-state index contributed by atoms with van der Waals surface area (Å²) in [6.45, 7) is 4.69. The van der Waals surface area contributed by atoms with E-state index in [0.29, 0.717) is 0 Å². The highest BCUT2D eigenvalue weighted by atomic mass is 31.1. The summed E-state index contributed by atoms with van der Waals surface area (Å²) in [7, 11) is 1.12. The Morgan fingerprint density at radius 2 is 1.74 bits per heavy atom. The van der Waals surface area contributed by atoms with Crippen molar-refractivity contribution >= 4 is 8.58 Å². The molecule has 176 valence electrons. The monoisotopic (exact) mass is 442 g/mol. The summed E-state index contributed by atoms with van der Waals surface area (Å²) in [5.74, 6) is 2.99. The summed E-state index contributed by atoms with van der Waals surface area (Å²) >= 11 is 0. The number of unbranched alkanes of at least 4 members (excludes halogenated alkanes) is 2. The Morgan fingerprint density at radius 1 is 0.871 bits per heavy atom. The predicted molar refractivity (Wildman–Crippen MR) is 143 cm³/mol. The fraction of sp³-hybridized carbons (Fsp3) is 0.800. The molecule has 0 nitrogen and oxygen atoms in total. The van der Waals surface area contributed by atoms with Gasteiger partial charge in [0.05, 0.1) is 0 Å². The highest BCUT2D eigenvalue weighted by Gasteiger charge is 2.22. The summed E-state index contributed by atoms with van der Waals surface area (Å²) in [6, 6.07) is 0. The van der Waals surface area contributed by atoms with Crippen LogP contribution in [0.4, 0.5) is 0 Å². The van der Waals surface area contributed by atoms with Gasteiger partial charge in [0.15, 0.2) is 0 Å². The molecule has 31 heavy (non-hydrogen) atoms. The molecule has 5 unspecified atom stereocenters. The van der Waals surface area contributed by atoms with Gasteiger partial charge in [0.2, 0.25) is 0 Å². The minimum atomic E-state index is 0.863. The number of hydrogen-bond acceptors (Lipinski definition) is 0. The van der Waals surface area contributed by atoms with Crippen LogP contribution in [0.3, 0.4) is 0 Å². The third-order valence-corrected chi connectivity index (χ3v) is 9.90. The lowest BCUT2D eigenvalue weighted by molar-refractivity contribution is 0.398. The molecule has 1 aliphatic heterocycles. The van der Waals surface area contributed by atoms with Crippen molar-refractivity contribution in [1.82, 2.24) is 0 Å². The zero-order valence-electron chi connectivity index (χ0n) is 20.8. The van der Waals surface area contributed by atoms with Crippen LogP contribution in [-0.2, 0) is 0 Å². The van der Waals surface area contributed by atoms with Gasteiger partial charge in [-0.1, -0.05) is 94.2 Å².